The van der Waals surface area contributed by atoms with Gasteiger partial charge in [0.05, 0.1) is 11.1 Å². The van der Waals surface area contributed by atoms with E-state index >= 15 is 0 Å². The Morgan fingerprint density at radius 3 is 2.80 bits per heavy atom. The lowest BCUT2D eigenvalue weighted by Crippen LogP contribution is -1.99. The van der Waals surface area contributed by atoms with Crippen LogP contribution in [0.2, 0.25) is 0 Å². The van der Waals surface area contributed by atoms with Gasteiger partial charge in [0.1, 0.15) is 0 Å². The SMILES string of the molecule is Cc1cc(C(=O)O)c2cc(Br)cnc2c1. The van der Waals surface area contributed by atoms with Gasteiger partial charge >= 0.3 is 5.97 Å². The topological polar surface area (TPSA) is 50.2 Å². The van der Waals surface area contributed by atoms with Crippen molar-refractivity contribution in [3.63, 3.8) is 0 Å². The summed E-state index contributed by atoms with van der Waals surface area (Å²) >= 11 is 3.28. The molecule has 4 heteroatoms. The van der Waals surface area contributed by atoms with E-state index in [1.54, 1.807) is 18.3 Å². The monoisotopic (exact) mass is 265 g/mol. The Bertz CT molecular complexity index is 552. The van der Waals surface area contributed by atoms with Gasteiger partial charge < -0.3 is 5.11 Å². The molecular weight excluding hydrogens is 258 g/mol. The van der Waals surface area contributed by atoms with Gasteiger partial charge in [0.15, 0.2) is 0 Å². The van der Waals surface area contributed by atoms with Crippen LogP contribution < -0.4 is 0 Å². The summed E-state index contributed by atoms with van der Waals surface area (Å²) in [4.78, 5) is 15.2. The lowest BCUT2D eigenvalue weighted by molar-refractivity contribution is 0.0699. The normalized spacial score (nSPS) is 10.5. The number of hydrogen-bond donors (Lipinski definition) is 1. The molecule has 0 fully saturated rings. The maximum Gasteiger partial charge on any atom is 0.336 e. The van der Waals surface area contributed by atoms with E-state index < -0.39 is 5.97 Å². The lowest BCUT2D eigenvalue weighted by Gasteiger charge is -2.04. The number of halogens is 1. The number of benzene rings is 1. The molecule has 1 heterocycles. The van der Waals surface area contributed by atoms with E-state index in [4.69, 9.17) is 5.11 Å². The first kappa shape index (κ1) is 10.1. The molecule has 0 aliphatic rings. The first-order valence-corrected chi connectivity index (χ1v) is 5.16. The second-order valence-electron chi connectivity index (χ2n) is 3.34. The number of fused-ring (bicyclic) bond motifs is 1. The van der Waals surface area contributed by atoms with E-state index in [1.165, 1.54) is 0 Å². The molecule has 0 unspecified atom stereocenters. The Balaban J connectivity index is 2.87. The molecule has 0 bridgehead atoms. The number of aryl methyl sites for hydroxylation is 1. The summed E-state index contributed by atoms with van der Waals surface area (Å²) in [6.45, 7) is 1.86. The lowest BCUT2D eigenvalue weighted by atomic mass is 10.1. The number of hydrogen-bond acceptors (Lipinski definition) is 2. The quantitative estimate of drug-likeness (QED) is 0.863. The first-order chi connectivity index (χ1) is 7.08. The zero-order valence-corrected chi connectivity index (χ0v) is 9.58. The molecule has 0 radical (unpaired) electrons. The molecule has 76 valence electrons. The van der Waals surface area contributed by atoms with Crippen molar-refractivity contribution in [2.45, 2.75) is 6.92 Å². The Morgan fingerprint density at radius 2 is 2.13 bits per heavy atom. The molecule has 0 amide bonds. The van der Waals surface area contributed by atoms with Gasteiger partial charge in [-0.1, -0.05) is 0 Å². The third kappa shape index (κ3) is 1.85. The van der Waals surface area contributed by atoms with Crippen molar-refractivity contribution < 1.29 is 9.90 Å². The number of carboxylic acid groups (broad SMARTS) is 1. The summed E-state index contributed by atoms with van der Waals surface area (Å²) in [5.74, 6) is -0.927. The molecule has 0 atom stereocenters. The average Bonchev–Trinajstić information content (AvgIpc) is 2.17. The first-order valence-electron chi connectivity index (χ1n) is 4.37. The number of carboxylic acids is 1. The van der Waals surface area contributed by atoms with E-state index in [1.807, 2.05) is 13.0 Å². The molecule has 1 aromatic carbocycles. The van der Waals surface area contributed by atoms with E-state index in [-0.39, 0.29) is 0 Å². The second kappa shape index (κ2) is 3.62. The Morgan fingerprint density at radius 1 is 1.40 bits per heavy atom. The van der Waals surface area contributed by atoms with Crippen molar-refractivity contribution in [3.8, 4) is 0 Å². The van der Waals surface area contributed by atoms with Crippen molar-refractivity contribution in [2.75, 3.05) is 0 Å². The molecule has 0 aliphatic heterocycles. The standard InChI is InChI=1S/C11H8BrNO2/c1-6-2-9(11(14)15)8-4-7(12)5-13-10(8)3-6/h2-5H,1H3,(H,14,15). The molecule has 1 N–H and O–H groups in total. The van der Waals surface area contributed by atoms with E-state index in [2.05, 4.69) is 20.9 Å². The fraction of sp³-hybridized carbons (Fsp3) is 0.0909. The number of pyridine rings is 1. The van der Waals surface area contributed by atoms with Gasteiger partial charge in [-0.3, -0.25) is 4.98 Å². The Kier molecular flexibility index (Phi) is 2.44. The van der Waals surface area contributed by atoms with Crippen LogP contribution in [-0.4, -0.2) is 16.1 Å². The Hall–Kier alpha value is -1.42. The minimum atomic E-state index is -0.927. The second-order valence-corrected chi connectivity index (χ2v) is 4.25. The molecule has 3 nitrogen and oxygen atoms in total. The maximum atomic E-state index is 11.0. The predicted molar refractivity (Wildman–Crippen MR) is 61.1 cm³/mol. The average molecular weight is 266 g/mol. The summed E-state index contributed by atoms with van der Waals surface area (Å²) in [7, 11) is 0. The molecule has 0 aliphatic carbocycles. The van der Waals surface area contributed by atoms with Gasteiger partial charge in [0.2, 0.25) is 0 Å². The van der Waals surface area contributed by atoms with Crippen LogP contribution in [0.1, 0.15) is 15.9 Å². The van der Waals surface area contributed by atoms with Gasteiger partial charge in [-0.15, -0.1) is 0 Å². The molecule has 0 saturated carbocycles. The zero-order chi connectivity index (χ0) is 11.0. The largest absolute Gasteiger partial charge is 0.478 e. The highest BCUT2D eigenvalue weighted by molar-refractivity contribution is 9.10. The molecule has 0 spiro atoms. The number of aromatic carboxylic acids is 1. The van der Waals surface area contributed by atoms with Gasteiger partial charge in [-0.05, 0) is 46.6 Å². The highest BCUT2D eigenvalue weighted by Gasteiger charge is 2.10. The van der Waals surface area contributed by atoms with Crippen LogP contribution in [-0.2, 0) is 0 Å². The van der Waals surface area contributed by atoms with E-state index in [0.717, 1.165) is 10.0 Å². The summed E-state index contributed by atoms with van der Waals surface area (Å²) in [5, 5.41) is 9.71. The fourth-order valence-electron chi connectivity index (χ4n) is 1.52. The molecule has 2 rings (SSSR count). The Labute approximate surface area is 94.9 Å². The minimum Gasteiger partial charge on any atom is -0.478 e. The zero-order valence-electron chi connectivity index (χ0n) is 7.99. The molecule has 2 aromatic rings. The van der Waals surface area contributed by atoms with E-state index in [0.29, 0.717) is 16.5 Å². The summed E-state index contributed by atoms with van der Waals surface area (Å²) in [6.07, 6.45) is 1.66. The van der Waals surface area contributed by atoms with Crippen LogP contribution in [0.3, 0.4) is 0 Å². The van der Waals surface area contributed by atoms with Crippen molar-refractivity contribution in [2.24, 2.45) is 0 Å². The molecule has 15 heavy (non-hydrogen) atoms. The van der Waals surface area contributed by atoms with Gasteiger partial charge in [-0.2, -0.15) is 0 Å². The van der Waals surface area contributed by atoms with Crippen LogP contribution in [0, 0.1) is 6.92 Å². The number of nitrogens with zero attached hydrogens (tertiary/aromatic N) is 1. The number of rotatable bonds is 1. The predicted octanol–water partition coefficient (Wildman–Crippen LogP) is 3.00. The van der Waals surface area contributed by atoms with Gasteiger partial charge in [0.25, 0.3) is 0 Å². The third-order valence-electron chi connectivity index (χ3n) is 2.14. The van der Waals surface area contributed by atoms with Crippen LogP contribution in [0.5, 0.6) is 0 Å². The number of aromatic nitrogens is 1. The molecule has 1 aromatic heterocycles. The van der Waals surface area contributed by atoms with Gasteiger partial charge in [0, 0.05) is 16.1 Å². The van der Waals surface area contributed by atoms with Crippen LogP contribution >= 0.6 is 15.9 Å². The van der Waals surface area contributed by atoms with Crippen molar-refractivity contribution in [1.29, 1.82) is 0 Å². The van der Waals surface area contributed by atoms with Crippen LogP contribution in [0.25, 0.3) is 10.9 Å². The van der Waals surface area contributed by atoms with E-state index in [9.17, 15) is 4.79 Å². The molecular formula is C11H8BrNO2. The third-order valence-corrected chi connectivity index (χ3v) is 2.58. The highest BCUT2D eigenvalue weighted by atomic mass is 79.9. The summed E-state index contributed by atoms with van der Waals surface area (Å²) in [6, 6.07) is 5.29. The van der Waals surface area contributed by atoms with Crippen molar-refractivity contribution in [3.05, 3.63) is 40.0 Å². The minimum absolute atomic E-state index is 0.291. The maximum absolute atomic E-state index is 11.0. The fourth-order valence-corrected chi connectivity index (χ4v) is 1.85. The number of carbonyl (C=O) groups is 1. The van der Waals surface area contributed by atoms with Crippen molar-refractivity contribution >= 4 is 32.8 Å². The summed E-state index contributed by atoms with van der Waals surface area (Å²) in [5.41, 5.74) is 1.89. The molecule has 0 saturated heterocycles. The van der Waals surface area contributed by atoms with Crippen molar-refractivity contribution in [1.82, 2.24) is 4.98 Å². The van der Waals surface area contributed by atoms with Crippen LogP contribution in [0.15, 0.2) is 28.9 Å². The van der Waals surface area contributed by atoms with Gasteiger partial charge in [-0.25, -0.2) is 4.79 Å². The summed E-state index contributed by atoms with van der Waals surface area (Å²) < 4.78 is 0.779. The van der Waals surface area contributed by atoms with Crippen LogP contribution in [0.4, 0.5) is 0 Å². The highest BCUT2D eigenvalue weighted by Crippen LogP contribution is 2.22. The smallest absolute Gasteiger partial charge is 0.336 e.